The van der Waals surface area contributed by atoms with Gasteiger partial charge in [-0.05, 0) is 50.8 Å². The molecule has 1 N–H and O–H groups in total. The van der Waals surface area contributed by atoms with Crippen LogP contribution in [-0.4, -0.2) is 29.1 Å². The second-order valence-electron chi connectivity index (χ2n) is 5.89. The number of hydrogen-bond acceptors (Lipinski definition) is 2. The summed E-state index contributed by atoms with van der Waals surface area (Å²) in [6, 6.07) is 5.64. The van der Waals surface area contributed by atoms with Crippen molar-refractivity contribution in [1.82, 2.24) is 4.90 Å². The minimum atomic E-state index is -0.714. The number of nitrogens with zero attached hydrogens (tertiary/aromatic N) is 1. The summed E-state index contributed by atoms with van der Waals surface area (Å²) in [6.45, 7) is 0. The van der Waals surface area contributed by atoms with E-state index in [2.05, 4.69) is 11.9 Å². The average molecular weight is 284 g/mol. The van der Waals surface area contributed by atoms with Crippen molar-refractivity contribution in [2.75, 3.05) is 7.05 Å². The molecular weight excluding hydrogens is 265 g/mol. The Morgan fingerprint density at radius 2 is 1.95 bits per heavy atom. The first-order chi connectivity index (χ1) is 9.06. The van der Waals surface area contributed by atoms with Gasteiger partial charge in [0.2, 0.25) is 0 Å². The Morgan fingerprint density at radius 3 is 2.53 bits per heavy atom. The molecule has 2 aliphatic heterocycles. The number of aliphatic hydroxyl groups is 1. The molecule has 19 heavy (non-hydrogen) atoms. The monoisotopic (exact) mass is 283 g/mol. The molecule has 1 aromatic carbocycles. The van der Waals surface area contributed by atoms with Crippen LogP contribution in [0.4, 0.5) is 4.39 Å². The van der Waals surface area contributed by atoms with Gasteiger partial charge in [-0.25, -0.2) is 4.39 Å². The molecule has 0 amide bonds. The zero-order valence-corrected chi connectivity index (χ0v) is 11.8. The van der Waals surface area contributed by atoms with Crippen molar-refractivity contribution in [3.63, 3.8) is 0 Å². The standard InChI is InChI=1S/C15H19ClFNO/c1-18-11-3-4-12(18)7-9(6-11)15(19)13-5-2-10(16)8-14(13)17/h2,5,8-9,11-12,15,19H,3-4,6-7H2,1H3. The Kier molecular flexibility index (Phi) is 3.54. The summed E-state index contributed by atoms with van der Waals surface area (Å²) in [5.41, 5.74) is 0.387. The van der Waals surface area contributed by atoms with Gasteiger partial charge in [-0.1, -0.05) is 17.7 Å². The van der Waals surface area contributed by atoms with Crippen molar-refractivity contribution in [3.8, 4) is 0 Å². The Bertz CT molecular complexity index is 467. The number of rotatable bonds is 2. The van der Waals surface area contributed by atoms with E-state index >= 15 is 0 Å². The van der Waals surface area contributed by atoms with E-state index in [1.54, 1.807) is 12.1 Å². The fourth-order valence-electron chi connectivity index (χ4n) is 3.71. The van der Waals surface area contributed by atoms with E-state index in [1.165, 1.54) is 18.9 Å². The molecule has 0 spiro atoms. The van der Waals surface area contributed by atoms with Gasteiger partial charge in [0.15, 0.2) is 0 Å². The van der Waals surface area contributed by atoms with Crippen molar-refractivity contribution in [3.05, 3.63) is 34.6 Å². The van der Waals surface area contributed by atoms with Crippen LogP contribution in [0.2, 0.25) is 5.02 Å². The third-order valence-electron chi connectivity index (χ3n) is 4.86. The zero-order chi connectivity index (χ0) is 13.6. The molecule has 2 saturated heterocycles. The third-order valence-corrected chi connectivity index (χ3v) is 5.10. The maximum Gasteiger partial charge on any atom is 0.130 e. The molecule has 3 unspecified atom stereocenters. The number of aliphatic hydroxyl groups excluding tert-OH is 1. The highest BCUT2D eigenvalue weighted by Gasteiger charge is 2.41. The van der Waals surface area contributed by atoms with Crippen LogP contribution in [0, 0.1) is 11.7 Å². The molecule has 0 aliphatic carbocycles. The molecule has 2 fully saturated rings. The number of fused-ring (bicyclic) bond motifs is 2. The van der Waals surface area contributed by atoms with E-state index in [0.29, 0.717) is 22.7 Å². The second kappa shape index (κ2) is 5.04. The number of benzene rings is 1. The lowest BCUT2D eigenvalue weighted by Gasteiger charge is -2.38. The van der Waals surface area contributed by atoms with Crippen molar-refractivity contribution >= 4 is 11.6 Å². The Labute approximate surface area is 118 Å². The van der Waals surface area contributed by atoms with Gasteiger partial charge in [-0.2, -0.15) is 0 Å². The lowest BCUT2D eigenvalue weighted by atomic mass is 9.83. The molecule has 2 bridgehead atoms. The molecule has 0 saturated carbocycles. The lowest BCUT2D eigenvalue weighted by Crippen LogP contribution is -2.41. The maximum absolute atomic E-state index is 13.9. The van der Waals surface area contributed by atoms with Crippen LogP contribution in [0.15, 0.2) is 18.2 Å². The summed E-state index contributed by atoms with van der Waals surface area (Å²) >= 11 is 5.75. The summed E-state index contributed by atoms with van der Waals surface area (Å²) < 4.78 is 13.9. The van der Waals surface area contributed by atoms with Gasteiger partial charge in [-0.3, -0.25) is 0 Å². The third kappa shape index (κ3) is 2.39. The SMILES string of the molecule is CN1C2CCC1CC(C(O)c1ccc(Cl)cc1F)C2. The van der Waals surface area contributed by atoms with Crippen LogP contribution >= 0.6 is 11.6 Å². The summed E-state index contributed by atoms with van der Waals surface area (Å²) in [4.78, 5) is 2.42. The van der Waals surface area contributed by atoms with E-state index in [-0.39, 0.29) is 5.92 Å². The molecule has 104 valence electrons. The summed E-state index contributed by atoms with van der Waals surface area (Å²) in [7, 11) is 2.16. The number of piperidine rings is 1. The topological polar surface area (TPSA) is 23.5 Å². The normalized spacial score (nSPS) is 32.5. The summed E-state index contributed by atoms with van der Waals surface area (Å²) in [5, 5.41) is 10.8. The van der Waals surface area contributed by atoms with Crippen LogP contribution in [0.25, 0.3) is 0 Å². The van der Waals surface area contributed by atoms with Crippen molar-refractivity contribution in [2.24, 2.45) is 5.92 Å². The number of hydrogen-bond donors (Lipinski definition) is 1. The van der Waals surface area contributed by atoms with Gasteiger partial charge in [0.1, 0.15) is 5.82 Å². The van der Waals surface area contributed by atoms with E-state index in [0.717, 1.165) is 12.8 Å². The molecule has 0 radical (unpaired) electrons. The summed E-state index contributed by atoms with van der Waals surface area (Å²) in [6.07, 6.45) is 3.60. The highest BCUT2D eigenvalue weighted by Crippen LogP contribution is 2.42. The molecule has 1 aromatic rings. The van der Waals surface area contributed by atoms with E-state index < -0.39 is 11.9 Å². The summed E-state index contributed by atoms with van der Waals surface area (Å²) in [5.74, 6) is -0.240. The average Bonchev–Trinajstić information content (AvgIpc) is 2.61. The molecule has 2 nitrogen and oxygen atoms in total. The van der Waals surface area contributed by atoms with Gasteiger partial charge in [0.25, 0.3) is 0 Å². The van der Waals surface area contributed by atoms with Crippen LogP contribution in [0.1, 0.15) is 37.4 Å². The highest BCUT2D eigenvalue weighted by molar-refractivity contribution is 6.30. The zero-order valence-electron chi connectivity index (χ0n) is 11.0. The molecule has 2 aliphatic rings. The van der Waals surface area contributed by atoms with Gasteiger partial charge in [-0.15, -0.1) is 0 Å². The van der Waals surface area contributed by atoms with Crippen molar-refractivity contribution in [1.29, 1.82) is 0 Å². The van der Waals surface area contributed by atoms with Gasteiger partial charge in [0, 0.05) is 22.7 Å². The van der Waals surface area contributed by atoms with Crippen LogP contribution in [-0.2, 0) is 0 Å². The predicted octanol–water partition coefficient (Wildman–Crippen LogP) is 3.39. The fourth-order valence-corrected chi connectivity index (χ4v) is 3.87. The minimum Gasteiger partial charge on any atom is -0.388 e. The van der Waals surface area contributed by atoms with Crippen LogP contribution < -0.4 is 0 Å². The molecule has 3 atom stereocenters. The number of halogens is 2. The van der Waals surface area contributed by atoms with Crippen molar-refractivity contribution in [2.45, 2.75) is 43.9 Å². The first kappa shape index (κ1) is 13.3. The van der Waals surface area contributed by atoms with Gasteiger partial charge in [0.05, 0.1) is 6.10 Å². The van der Waals surface area contributed by atoms with Crippen LogP contribution in [0.3, 0.4) is 0 Å². The molecule has 2 heterocycles. The molecule has 4 heteroatoms. The first-order valence-electron chi connectivity index (χ1n) is 6.91. The fraction of sp³-hybridized carbons (Fsp3) is 0.600. The van der Waals surface area contributed by atoms with E-state index in [4.69, 9.17) is 11.6 Å². The predicted molar refractivity (Wildman–Crippen MR) is 73.7 cm³/mol. The minimum absolute atomic E-state index is 0.157. The lowest BCUT2D eigenvalue weighted by molar-refractivity contribution is 0.0337. The molecule has 0 aromatic heterocycles. The first-order valence-corrected chi connectivity index (χ1v) is 7.29. The smallest absolute Gasteiger partial charge is 0.130 e. The Balaban J connectivity index is 1.79. The van der Waals surface area contributed by atoms with E-state index in [9.17, 15) is 9.50 Å². The second-order valence-corrected chi connectivity index (χ2v) is 6.33. The van der Waals surface area contributed by atoms with E-state index in [1.807, 2.05) is 0 Å². The van der Waals surface area contributed by atoms with Gasteiger partial charge >= 0.3 is 0 Å². The molecular formula is C15H19ClFNO. The van der Waals surface area contributed by atoms with Crippen LogP contribution in [0.5, 0.6) is 0 Å². The molecule has 3 rings (SSSR count). The Hall–Kier alpha value is -0.640. The Morgan fingerprint density at radius 1 is 1.32 bits per heavy atom. The maximum atomic E-state index is 13.9. The quantitative estimate of drug-likeness (QED) is 0.899. The van der Waals surface area contributed by atoms with Gasteiger partial charge < -0.3 is 10.0 Å². The highest BCUT2D eigenvalue weighted by atomic mass is 35.5. The van der Waals surface area contributed by atoms with Crippen molar-refractivity contribution < 1.29 is 9.50 Å². The largest absolute Gasteiger partial charge is 0.388 e.